The Hall–Kier alpha value is -1.82. The lowest BCUT2D eigenvalue weighted by molar-refractivity contribution is -0.142. The molecule has 0 unspecified atom stereocenters. The maximum atomic E-state index is 11.5. The molecule has 1 aromatic heterocycles. The van der Waals surface area contributed by atoms with E-state index in [1.54, 1.807) is 31.3 Å². The Morgan fingerprint density at radius 3 is 2.74 bits per heavy atom. The Morgan fingerprint density at radius 2 is 2.11 bits per heavy atom. The summed E-state index contributed by atoms with van der Waals surface area (Å²) in [6.07, 6.45) is 2.99. The molecule has 1 aromatic carbocycles. The molecule has 0 aliphatic carbocycles. The molecule has 0 radical (unpaired) electrons. The van der Waals surface area contributed by atoms with Crippen molar-refractivity contribution in [3.8, 4) is 0 Å². The van der Waals surface area contributed by atoms with Crippen LogP contribution in [-0.4, -0.2) is 32.2 Å². The third-order valence-corrected chi connectivity index (χ3v) is 3.92. The van der Waals surface area contributed by atoms with Gasteiger partial charge in [-0.2, -0.15) is 0 Å². The van der Waals surface area contributed by atoms with Crippen LogP contribution in [0.1, 0.15) is 12.5 Å². The van der Waals surface area contributed by atoms with Crippen molar-refractivity contribution in [2.75, 3.05) is 12.9 Å². The van der Waals surface area contributed by atoms with Crippen molar-refractivity contribution in [1.29, 1.82) is 0 Å². The van der Waals surface area contributed by atoms with E-state index in [2.05, 4.69) is 4.98 Å². The molecule has 5 nitrogen and oxygen atoms in total. The van der Waals surface area contributed by atoms with Crippen LogP contribution in [0.3, 0.4) is 0 Å². The molecule has 6 heteroatoms. The van der Waals surface area contributed by atoms with Gasteiger partial charge in [0.2, 0.25) is 0 Å². The second-order valence-electron chi connectivity index (χ2n) is 4.28. The van der Waals surface area contributed by atoms with Gasteiger partial charge < -0.3 is 9.72 Å². The fourth-order valence-electron chi connectivity index (χ4n) is 1.90. The van der Waals surface area contributed by atoms with Crippen LogP contribution < -0.4 is 0 Å². The number of aromatic nitrogens is 1. The summed E-state index contributed by atoms with van der Waals surface area (Å²) in [7, 11) is -3.26. The van der Waals surface area contributed by atoms with Crippen LogP contribution in [0.4, 0.5) is 0 Å². The van der Waals surface area contributed by atoms with E-state index in [0.29, 0.717) is 6.61 Å². The first-order chi connectivity index (χ1) is 8.91. The minimum atomic E-state index is -3.26. The van der Waals surface area contributed by atoms with Gasteiger partial charge in [0.15, 0.2) is 9.84 Å². The number of H-pyrrole nitrogens is 1. The number of hydrogen-bond donors (Lipinski definition) is 1. The van der Waals surface area contributed by atoms with E-state index in [1.807, 2.05) is 0 Å². The third-order valence-electron chi connectivity index (χ3n) is 2.81. The van der Waals surface area contributed by atoms with Crippen molar-refractivity contribution in [3.05, 3.63) is 30.0 Å². The molecule has 19 heavy (non-hydrogen) atoms. The number of fused-ring (bicyclic) bond motifs is 1. The summed E-state index contributed by atoms with van der Waals surface area (Å²) in [5.41, 5.74) is 1.53. The van der Waals surface area contributed by atoms with Gasteiger partial charge in [0.1, 0.15) is 0 Å². The van der Waals surface area contributed by atoms with Crippen molar-refractivity contribution in [1.82, 2.24) is 4.98 Å². The van der Waals surface area contributed by atoms with Crippen molar-refractivity contribution >= 4 is 26.7 Å². The number of benzene rings is 1. The summed E-state index contributed by atoms with van der Waals surface area (Å²) in [4.78, 5) is 14.7. The molecular formula is C13H15NO4S. The summed E-state index contributed by atoms with van der Waals surface area (Å²) >= 11 is 0. The van der Waals surface area contributed by atoms with E-state index in [-0.39, 0.29) is 17.3 Å². The molecule has 2 rings (SSSR count). The Morgan fingerprint density at radius 1 is 1.37 bits per heavy atom. The average Bonchev–Trinajstić information content (AvgIpc) is 2.71. The fraction of sp³-hybridized carbons (Fsp3) is 0.308. The molecule has 0 fully saturated rings. The summed E-state index contributed by atoms with van der Waals surface area (Å²) < 4.78 is 28.0. The standard InChI is InChI=1S/C13H15NO4S/c1-3-18-13(15)6-9-8-14-12-5-4-10(7-11(9)12)19(2,16)17/h4-5,7-8,14H,3,6H2,1-2H3. The Bertz CT molecular complexity index is 715. The smallest absolute Gasteiger partial charge is 0.310 e. The largest absolute Gasteiger partial charge is 0.466 e. The molecule has 0 amide bonds. The van der Waals surface area contributed by atoms with Gasteiger partial charge in [0, 0.05) is 23.4 Å². The summed E-state index contributed by atoms with van der Waals surface area (Å²) in [6.45, 7) is 2.07. The first-order valence-corrected chi connectivity index (χ1v) is 7.76. The van der Waals surface area contributed by atoms with Crippen LogP contribution in [0.25, 0.3) is 10.9 Å². The molecule has 1 heterocycles. The summed E-state index contributed by atoms with van der Waals surface area (Å²) in [5.74, 6) is -0.326. The zero-order valence-electron chi connectivity index (χ0n) is 10.8. The van der Waals surface area contributed by atoms with Crippen LogP contribution >= 0.6 is 0 Å². The first kappa shape index (κ1) is 13.6. The maximum absolute atomic E-state index is 11.5. The molecule has 2 aromatic rings. The summed E-state index contributed by atoms with van der Waals surface area (Å²) in [5, 5.41) is 0.732. The molecule has 0 bridgehead atoms. The van der Waals surface area contributed by atoms with Gasteiger partial charge in [-0.15, -0.1) is 0 Å². The number of nitrogens with one attached hydrogen (secondary N) is 1. The molecule has 0 spiro atoms. The molecule has 0 atom stereocenters. The molecule has 0 aliphatic heterocycles. The van der Waals surface area contributed by atoms with E-state index in [4.69, 9.17) is 4.74 Å². The highest BCUT2D eigenvalue weighted by Crippen LogP contribution is 2.22. The van der Waals surface area contributed by atoms with E-state index in [1.165, 1.54) is 0 Å². The van der Waals surface area contributed by atoms with E-state index in [9.17, 15) is 13.2 Å². The lowest BCUT2D eigenvalue weighted by atomic mass is 10.1. The monoisotopic (exact) mass is 281 g/mol. The lowest BCUT2D eigenvalue weighted by Crippen LogP contribution is -2.07. The number of aromatic amines is 1. The van der Waals surface area contributed by atoms with Gasteiger partial charge >= 0.3 is 5.97 Å². The van der Waals surface area contributed by atoms with E-state index < -0.39 is 9.84 Å². The Balaban J connectivity index is 2.43. The first-order valence-electron chi connectivity index (χ1n) is 5.87. The van der Waals surface area contributed by atoms with Gasteiger partial charge in [-0.05, 0) is 30.7 Å². The number of rotatable bonds is 4. The second-order valence-corrected chi connectivity index (χ2v) is 6.29. The molecule has 0 saturated heterocycles. The van der Waals surface area contributed by atoms with Crippen LogP contribution in [0.2, 0.25) is 0 Å². The number of hydrogen-bond acceptors (Lipinski definition) is 4. The van der Waals surface area contributed by atoms with Gasteiger partial charge in [-0.25, -0.2) is 8.42 Å². The van der Waals surface area contributed by atoms with Gasteiger partial charge in [-0.3, -0.25) is 4.79 Å². The predicted molar refractivity (Wildman–Crippen MR) is 71.7 cm³/mol. The highest BCUT2D eigenvalue weighted by molar-refractivity contribution is 7.90. The van der Waals surface area contributed by atoms with Crippen LogP contribution in [0, 0.1) is 0 Å². The Labute approximate surface area is 111 Å². The third kappa shape index (κ3) is 2.96. The molecule has 0 aliphatic rings. The zero-order valence-corrected chi connectivity index (χ0v) is 11.6. The predicted octanol–water partition coefficient (Wildman–Crippen LogP) is 1.68. The molecule has 102 valence electrons. The molecular weight excluding hydrogens is 266 g/mol. The highest BCUT2D eigenvalue weighted by atomic mass is 32.2. The van der Waals surface area contributed by atoms with Crippen LogP contribution in [-0.2, 0) is 25.8 Å². The molecule has 0 saturated carbocycles. The minimum absolute atomic E-state index is 0.126. The van der Waals surface area contributed by atoms with Gasteiger partial charge in [-0.1, -0.05) is 0 Å². The maximum Gasteiger partial charge on any atom is 0.310 e. The molecule has 1 N–H and O–H groups in total. The quantitative estimate of drug-likeness (QED) is 0.865. The van der Waals surface area contributed by atoms with Crippen molar-refractivity contribution in [2.45, 2.75) is 18.2 Å². The van der Waals surface area contributed by atoms with Crippen molar-refractivity contribution in [2.24, 2.45) is 0 Å². The number of carbonyl (C=O) groups is 1. The van der Waals surface area contributed by atoms with Crippen LogP contribution in [0.15, 0.2) is 29.3 Å². The fourth-order valence-corrected chi connectivity index (χ4v) is 2.55. The van der Waals surface area contributed by atoms with Gasteiger partial charge in [0.25, 0.3) is 0 Å². The normalized spacial score (nSPS) is 11.7. The van der Waals surface area contributed by atoms with E-state index >= 15 is 0 Å². The van der Waals surface area contributed by atoms with Crippen molar-refractivity contribution in [3.63, 3.8) is 0 Å². The van der Waals surface area contributed by atoms with E-state index in [0.717, 1.165) is 22.7 Å². The second kappa shape index (κ2) is 5.05. The average molecular weight is 281 g/mol. The number of sulfone groups is 1. The number of ether oxygens (including phenoxy) is 1. The van der Waals surface area contributed by atoms with Crippen molar-refractivity contribution < 1.29 is 17.9 Å². The SMILES string of the molecule is CCOC(=O)Cc1c[nH]c2ccc(S(C)(=O)=O)cc12. The Kier molecular flexibility index (Phi) is 3.61. The lowest BCUT2D eigenvalue weighted by Gasteiger charge is -2.02. The van der Waals surface area contributed by atoms with Gasteiger partial charge in [0.05, 0.1) is 17.9 Å². The van der Waals surface area contributed by atoms with Crippen LogP contribution in [0.5, 0.6) is 0 Å². The number of esters is 1. The topological polar surface area (TPSA) is 76.2 Å². The highest BCUT2D eigenvalue weighted by Gasteiger charge is 2.13. The minimum Gasteiger partial charge on any atom is -0.466 e. The number of carbonyl (C=O) groups excluding carboxylic acids is 1. The summed E-state index contributed by atoms with van der Waals surface area (Å²) in [6, 6.07) is 4.82. The zero-order chi connectivity index (χ0) is 14.0.